The summed E-state index contributed by atoms with van der Waals surface area (Å²) in [4.78, 5) is 16.0. The van der Waals surface area contributed by atoms with Crippen LogP contribution in [0.2, 0.25) is 0 Å². The number of methoxy groups -OCH3 is 1. The van der Waals surface area contributed by atoms with Crippen LogP contribution >= 0.6 is 15.9 Å². The Balaban J connectivity index is 2.89. The third kappa shape index (κ3) is 2.02. The molecule has 3 nitrogen and oxygen atoms in total. The minimum atomic E-state index is -0.499. The number of esters is 1. The van der Waals surface area contributed by atoms with Gasteiger partial charge in [0.25, 0.3) is 0 Å². The van der Waals surface area contributed by atoms with E-state index in [9.17, 15) is 9.18 Å². The fraction of sp³-hybridized carbons (Fsp3) is 0.167. The number of rotatable bonds is 1. The number of nitrogens with zero attached hydrogens (tertiary/aromatic N) is 1. The van der Waals surface area contributed by atoms with Crippen molar-refractivity contribution in [3.8, 4) is 0 Å². The Kier molecular flexibility index (Phi) is 3.11. The second-order valence-electron chi connectivity index (χ2n) is 3.56. The number of hydrogen-bond donors (Lipinski definition) is 0. The standard InChI is InChI=1S/C12H9BrFNO2/c1-6-10(12(16)17-2)8-5-7(14)3-4-9(8)15-11(6)13/h3-5H,1-2H3. The number of ether oxygens (including phenoxy) is 1. The van der Waals surface area contributed by atoms with Crippen molar-refractivity contribution in [2.45, 2.75) is 6.92 Å². The zero-order valence-electron chi connectivity index (χ0n) is 9.25. The van der Waals surface area contributed by atoms with Gasteiger partial charge in [0.05, 0.1) is 18.2 Å². The van der Waals surface area contributed by atoms with Gasteiger partial charge in [0, 0.05) is 5.39 Å². The summed E-state index contributed by atoms with van der Waals surface area (Å²) in [5, 5.41) is 0.456. The quantitative estimate of drug-likeness (QED) is 0.599. The SMILES string of the molecule is COC(=O)c1c(C)c(Br)nc2ccc(F)cc12. The highest BCUT2D eigenvalue weighted by Crippen LogP contribution is 2.27. The molecule has 1 heterocycles. The van der Waals surface area contributed by atoms with Crippen LogP contribution in [0.25, 0.3) is 10.9 Å². The maximum atomic E-state index is 13.2. The van der Waals surface area contributed by atoms with E-state index < -0.39 is 11.8 Å². The zero-order valence-corrected chi connectivity index (χ0v) is 10.8. The van der Waals surface area contributed by atoms with Crippen molar-refractivity contribution in [2.24, 2.45) is 0 Å². The summed E-state index contributed by atoms with van der Waals surface area (Å²) in [5.41, 5.74) is 1.52. The van der Waals surface area contributed by atoms with Crippen molar-refractivity contribution in [1.29, 1.82) is 0 Å². The lowest BCUT2D eigenvalue weighted by atomic mass is 10.0. The molecule has 0 amide bonds. The fourth-order valence-corrected chi connectivity index (χ4v) is 2.06. The van der Waals surface area contributed by atoms with Gasteiger partial charge in [-0.15, -0.1) is 0 Å². The van der Waals surface area contributed by atoms with Crippen LogP contribution in [0.1, 0.15) is 15.9 Å². The molecule has 0 fully saturated rings. The van der Waals surface area contributed by atoms with E-state index >= 15 is 0 Å². The van der Waals surface area contributed by atoms with Gasteiger partial charge in [-0.25, -0.2) is 14.2 Å². The van der Waals surface area contributed by atoms with Crippen molar-refractivity contribution in [3.05, 3.63) is 39.7 Å². The molecule has 88 valence electrons. The highest BCUT2D eigenvalue weighted by atomic mass is 79.9. The van der Waals surface area contributed by atoms with Crippen molar-refractivity contribution in [3.63, 3.8) is 0 Å². The van der Waals surface area contributed by atoms with E-state index in [4.69, 9.17) is 4.74 Å². The number of pyridine rings is 1. The molecule has 0 aliphatic heterocycles. The summed E-state index contributed by atoms with van der Waals surface area (Å²) in [6, 6.07) is 4.12. The van der Waals surface area contributed by atoms with E-state index in [1.165, 1.54) is 25.3 Å². The van der Waals surface area contributed by atoms with Crippen LogP contribution in [0.3, 0.4) is 0 Å². The summed E-state index contributed by atoms with van der Waals surface area (Å²) in [6.45, 7) is 1.73. The van der Waals surface area contributed by atoms with Gasteiger partial charge in [-0.1, -0.05) is 0 Å². The van der Waals surface area contributed by atoms with Crippen LogP contribution in [0.15, 0.2) is 22.8 Å². The number of fused-ring (bicyclic) bond motifs is 1. The van der Waals surface area contributed by atoms with E-state index in [1.807, 2.05) is 0 Å². The summed E-state index contributed by atoms with van der Waals surface area (Å²) < 4.78 is 18.5. The molecule has 0 saturated heterocycles. The van der Waals surface area contributed by atoms with E-state index in [1.54, 1.807) is 6.92 Å². The maximum Gasteiger partial charge on any atom is 0.338 e. The van der Waals surface area contributed by atoms with Crippen molar-refractivity contribution >= 4 is 32.8 Å². The fourth-order valence-electron chi connectivity index (χ4n) is 1.67. The Morgan fingerprint density at radius 1 is 1.47 bits per heavy atom. The Hall–Kier alpha value is -1.49. The molecule has 0 spiro atoms. The van der Waals surface area contributed by atoms with E-state index in [2.05, 4.69) is 20.9 Å². The normalized spacial score (nSPS) is 10.6. The Morgan fingerprint density at radius 2 is 2.18 bits per heavy atom. The Bertz CT molecular complexity index is 613. The van der Waals surface area contributed by atoms with Gasteiger partial charge in [0.15, 0.2) is 0 Å². The molecular weight excluding hydrogens is 289 g/mol. The summed E-state index contributed by atoms with van der Waals surface area (Å²) in [5.74, 6) is -0.910. The van der Waals surface area contributed by atoms with Crippen molar-refractivity contribution in [2.75, 3.05) is 7.11 Å². The van der Waals surface area contributed by atoms with Crippen molar-refractivity contribution < 1.29 is 13.9 Å². The molecular formula is C12H9BrFNO2. The second kappa shape index (κ2) is 4.41. The molecule has 2 rings (SSSR count). The van der Waals surface area contributed by atoms with Gasteiger partial charge in [0.2, 0.25) is 0 Å². The summed E-state index contributed by atoms with van der Waals surface area (Å²) in [6.07, 6.45) is 0. The van der Waals surface area contributed by atoms with Crippen LogP contribution < -0.4 is 0 Å². The van der Waals surface area contributed by atoms with Gasteiger partial charge in [-0.2, -0.15) is 0 Å². The van der Waals surface area contributed by atoms with Crippen LogP contribution in [-0.2, 0) is 4.74 Å². The number of hydrogen-bond acceptors (Lipinski definition) is 3. The molecule has 0 atom stereocenters. The minimum absolute atomic E-state index is 0.337. The predicted octanol–water partition coefficient (Wildman–Crippen LogP) is 3.23. The lowest BCUT2D eigenvalue weighted by molar-refractivity contribution is 0.0602. The number of carbonyl (C=O) groups excluding carboxylic acids is 1. The lowest BCUT2D eigenvalue weighted by Gasteiger charge is -2.09. The second-order valence-corrected chi connectivity index (χ2v) is 4.31. The molecule has 0 N–H and O–H groups in total. The van der Waals surface area contributed by atoms with Gasteiger partial charge in [-0.05, 0) is 46.6 Å². The van der Waals surface area contributed by atoms with Gasteiger partial charge in [0.1, 0.15) is 10.4 Å². The van der Waals surface area contributed by atoms with Crippen LogP contribution in [0.4, 0.5) is 4.39 Å². The summed E-state index contributed by atoms with van der Waals surface area (Å²) in [7, 11) is 1.29. The molecule has 0 unspecified atom stereocenters. The number of halogens is 2. The molecule has 0 aliphatic carbocycles. The minimum Gasteiger partial charge on any atom is -0.465 e. The molecule has 0 aliphatic rings. The largest absolute Gasteiger partial charge is 0.465 e. The molecule has 5 heteroatoms. The Labute approximate surface area is 106 Å². The Morgan fingerprint density at radius 3 is 2.82 bits per heavy atom. The first-order chi connectivity index (χ1) is 8.04. The predicted molar refractivity (Wildman–Crippen MR) is 65.5 cm³/mol. The van der Waals surface area contributed by atoms with Crippen LogP contribution in [0, 0.1) is 12.7 Å². The van der Waals surface area contributed by atoms with Crippen molar-refractivity contribution in [1.82, 2.24) is 4.98 Å². The van der Waals surface area contributed by atoms with E-state index in [0.29, 0.717) is 26.6 Å². The number of benzene rings is 1. The third-order valence-corrected chi connectivity index (χ3v) is 3.29. The lowest BCUT2D eigenvalue weighted by Crippen LogP contribution is -2.06. The van der Waals surface area contributed by atoms with Crippen LogP contribution in [-0.4, -0.2) is 18.1 Å². The monoisotopic (exact) mass is 297 g/mol. The average molecular weight is 298 g/mol. The van der Waals surface area contributed by atoms with E-state index in [-0.39, 0.29) is 0 Å². The van der Waals surface area contributed by atoms with E-state index in [0.717, 1.165) is 0 Å². The first kappa shape index (κ1) is 12.0. The molecule has 17 heavy (non-hydrogen) atoms. The van der Waals surface area contributed by atoms with Crippen LogP contribution in [0.5, 0.6) is 0 Å². The first-order valence-corrected chi connectivity index (χ1v) is 5.67. The molecule has 1 aromatic heterocycles. The molecule has 2 aromatic rings. The van der Waals surface area contributed by atoms with Gasteiger partial charge < -0.3 is 4.74 Å². The van der Waals surface area contributed by atoms with Gasteiger partial charge in [-0.3, -0.25) is 0 Å². The molecule has 0 saturated carbocycles. The third-order valence-electron chi connectivity index (χ3n) is 2.52. The number of carbonyl (C=O) groups is 1. The number of aromatic nitrogens is 1. The smallest absolute Gasteiger partial charge is 0.338 e. The average Bonchev–Trinajstić information content (AvgIpc) is 2.31. The zero-order chi connectivity index (χ0) is 12.6. The maximum absolute atomic E-state index is 13.2. The highest BCUT2D eigenvalue weighted by Gasteiger charge is 2.17. The molecule has 0 radical (unpaired) electrons. The highest BCUT2D eigenvalue weighted by molar-refractivity contribution is 9.10. The molecule has 0 bridgehead atoms. The summed E-state index contributed by atoms with van der Waals surface area (Å²) >= 11 is 3.27. The first-order valence-electron chi connectivity index (χ1n) is 4.88. The topological polar surface area (TPSA) is 39.2 Å². The van der Waals surface area contributed by atoms with Gasteiger partial charge >= 0.3 is 5.97 Å². The molecule has 1 aromatic carbocycles.